The van der Waals surface area contributed by atoms with E-state index in [0.29, 0.717) is 0 Å². The van der Waals surface area contributed by atoms with Gasteiger partial charge in [0.15, 0.2) is 9.84 Å². The van der Waals surface area contributed by atoms with Gasteiger partial charge in [0.05, 0.1) is 22.3 Å². The van der Waals surface area contributed by atoms with Crippen molar-refractivity contribution < 1.29 is 27.5 Å². The van der Waals surface area contributed by atoms with Crippen molar-refractivity contribution in [3.8, 4) is 0 Å². The molecule has 0 spiro atoms. The van der Waals surface area contributed by atoms with E-state index < -0.39 is 38.8 Å². The van der Waals surface area contributed by atoms with Gasteiger partial charge in [-0.05, 0) is 51.8 Å². The smallest absolute Gasteiger partial charge is 0.411 e. The number of esters is 1. The summed E-state index contributed by atoms with van der Waals surface area (Å²) in [5, 5.41) is -0.880. The number of benzene rings is 1. The van der Waals surface area contributed by atoms with Gasteiger partial charge in [-0.25, -0.2) is 18.0 Å². The SMILES string of the molecule is COC(=O)[C@@H]1C[C@@H](S(=O)(=O)c2ccc(C)cc2Cl)CN1C(=O)OC(C)(C)C. The molecule has 7 nitrogen and oxygen atoms in total. The van der Waals surface area contributed by atoms with Crippen LogP contribution in [0.1, 0.15) is 32.8 Å². The Morgan fingerprint density at radius 1 is 1.26 bits per heavy atom. The molecular formula is C18H24ClNO6S. The standard InChI is InChI=1S/C18H24ClNO6S/c1-11-6-7-15(13(19)8-11)27(23,24)12-9-14(16(21)25-5)20(10-12)17(22)26-18(2,3)4/h6-8,12,14H,9-10H2,1-5H3/t12-,14+/m1/s1. The number of carbonyl (C=O) groups is 2. The molecule has 1 aromatic carbocycles. The van der Waals surface area contributed by atoms with Gasteiger partial charge in [0.2, 0.25) is 0 Å². The largest absolute Gasteiger partial charge is 0.467 e. The third-order valence-corrected chi connectivity index (χ3v) is 6.81. The Morgan fingerprint density at radius 2 is 1.89 bits per heavy atom. The zero-order valence-electron chi connectivity index (χ0n) is 16.0. The zero-order chi connectivity index (χ0) is 20.6. The van der Waals surface area contributed by atoms with Gasteiger partial charge in [0.25, 0.3) is 0 Å². The number of hydrogen-bond donors (Lipinski definition) is 0. The minimum atomic E-state index is -3.86. The summed E-state index contributed by atoms with van der Waals surface area (Å²) < 4.78 is 36.2. The third-order valence-electron chi connectivity index (χ3n) is 4.20. The first-order chi connectivity index (χ1) is 12.4. The predicted octanol–water partition coefficient (Wildman–Crippen LogP) is 2.97. The lowest BCUT2D eigenvalue weighted by Crippen LogP contribution is -2.44. The average molecular weight is 418 g/mol. The lowest BCUT2D eigenvalue weighted by molar-refractivity contribution is -0.145. The second-order valence-corrected chi connectivity index (χ2v) is 10.1. The number of methoxy groups -OCH3 is 1. The number of nitrogens with zero attached hydrogens (tertiary/aromatic N) is 1. The third kappa shape index (κ3) is 4.73. The maximum absolute atomic E-state index is 13.1. The molecule has 150 valence electrons. The molecule has 9 heteroatoms. The summed E-state index contributed by atoms with van der Waals surface area (Å²) in [6, 6.07) is 3.62. The van der Waals surface area contributed by atoms with E-state index in [1.807, 2.05) is 0 Å². The fourth-order valence-electron chi connectivity index (χ4n) is 2.92. The summed E-state index contributed by atoms with van der Waals surface area (Å²) in [6.45, 7) is 6.69. The molecule has 1 aromatic rings. The molecular weight excluding hydrogens is 394 g/mol. The topological polar surface area (TPSA) is 90.0 Å². The fraction of sp³-hybridized carbons (Fsp3) is 0.556. The number of carbonyl (C=O) groups excluding carboxylic acids is 2. The van der Waals surface area contributed by atoms with Gasteiger partial charge >= 0.3 is 12.1 Å². The van der Waals surface area contributed by atoms with E-state index in [4.69, 9.17) is 21.1 Å². The van der Waals surface area contributed by atoms with Crippen LogP contribution in [0.15, 0.2) is 23.1 Å². The van der Waals surface area contributed by atoms with Crippen molar-refractivity contribution >= 4 is 33.5 Å². The highest BCUT2D eigenvalue weighted by atomic mass is 35.5. The number of amides is 1. The fourth-order valence-corrected chi connectivity index (χ4v) is 5.22. The molecule has 0 aromatic heterocycles. The Kier molecular flexibility index (Phi) is 6.11. The lowest BCUT2D eigenvalue weighted by atomic mass is 10.2. The quantitative estimate of drug-likeness (QED) is 0.702. The molecule has 0 radical (unpaired) electrons. The van der Waals surface area contributed by atoms with E-state index in [2.05, 4.69) is 0 Å². The van der Waals surface area contributed by atoms with Crippen LogP contribution in [-0.4, -0.2) is 55.9 Å². The number of aryl methyl sites for hydroxylation is 1. The molecule has 1 aliphatic heterocycles. The van der Waals surface area contributed by atoms with Crippen LogP contribution in [-0.2, 0) is 24.1 Å². The number of ether oxygens (including phenoxy) is 2. The molecule has 0 bridgehead atoms. The molecule has 1 heterocycles. The average Bonchev–Trinajstić information content (AvgIpc) is 2.98. The molecule has 1 saturated heterocycles. The normalized spacial score (nSPS) is 20.4. The van der Waals surface area contributed by atoms with Gasteiger partial charge in [-0.1, -0.05) is 17.7 Å². The van der Waals surface area contributed by atoms with Crippen LogP contribution >= 0.6 is 11.6 Å². The van der Waals surface area contributed by atoms with Crippen molar-refractivity contribution in [2.24, 2.45) is 0 Å². The molecule has 27 heavy (non-hydrogen) atoms. The Bertz CT molecular complexity index is 846. The van der Waals surface area contributed by atoms with E-state index in [0.717, 1.165) is 10.5 Å². The highest BCUT2D eigenvalue weighted by Gasteiger charge is 2.47. The van der Waals surface area contributed by atoms with Crippen molar-refractivity contribution in [1.82, 2.24) is 4.90 Å². The highest BCUT2D eigenvalue weighted by Crippen LogP contribution is 2.33. The number of sulfone groups is 1. The van der Waals surface area contributed by atoms with Crippen LogP contribution in [0, 0.1) is 6.92 Å². The summed E-state index contributed by atoms with van der Waals surface area (Å²) in [7, 11) is -2.67. The molecule has 1 amide bonds. The first kappa shape index (κ1) is 21.5. The monoisotopic (exact) mass is 417 g/mol. The predicted molar refractivity (Wildman–Crippen MR) is 101 cm³/mol. The molecule has 0 N–H and O–H groups in total. The molecule has 1 aliphatic rings. The second kappa shape index (κ2) is 7.67. The molecule has 0 unspecified atom stereocenters. The first-order valence-corrected chi connectivity index (χ1v) is 10.4. The van der Waals surface area contributed by atoms with Crippen molar-refractivity contribution in [1.29, 1.82) is 0 Å². The summed E-state index contributed by atoms with van der Waals surface area (Å²) in [5.74, 6) is -0.687. The van der Waals surface area contributed by atoms with Gasteiger partial charge in [0.1, 0.15) is 11.6 Å². The molecule has 2 atom stereocenters. The van der Waals surface area contributed by atoms with Crippen LogP contribution in [0.25, 0.3) is 0 Å². The Balaban J connectivity index is 2.36. The van der Waals surface area contributed by atoms with Crippen LogP contribution in [0.3, 0.4) is 0 Å². The van der Waals surface area contributed by atoms with E-state index in [1.54, 1.807) is 39.8 Å². The molecule has 0 aliphatic carbocycles. The molecule has 0 saturated carbocycles. The number of rotatable bonds is 3. The Labute approximate surface area is 164 Å². The summed E-state index contributed by atoms with van der Waals surface area (Å²) in [5.41, 5.74) is 0.0443. The van der Waals surface area contributed by atoms with Crippen LogP contribution in [0.4, 0.5) is 4.79 Å². The zero-order valence-corrected chi connectivity index (χ0v) is 17.6. The Hall–Kier alpha value is -1.80. The summed E-state index contributed by atoms with van der Waals surface area (Å²) in [6.07, 6.45) is -0.844. The van der Waals surface area contributed by atoms with Crippen molar-refractivity contribution in [2.75, 3.05) is 13.7 Å². The van der Waals surface area contributed by atoms with Crippen molar-refractivity contribution in [3.63, 3.8) is 0 Å². The number of halogens is 1. The molecule has 2 rings (SSSR count). The summed E-state index contributed by atoms with van der Waals surface area (Å²) in [4.78, 5) is 25.7. The maximum atomic E-state index is 13.1. The van der Waals surface area contributed by atoms with Crippen molar-refractivity contribution in [3.05, 3.63) is 28.8 Å². The van der Waals surface area contributed by atoms with Crippen LogP contribution in [0.2, 0.25) is 5.02 Å². The van der Waals surface area contributed by atoms with Gasteiger partial charge in [-0.15, -0.1) is 0 Å². The van der Waals surface area contributed by atoms with E-state index in [9.17, 15) is 18.0 Å². The van der Waals surface area contributed by atoms with E-state index >= 15 is 0 Å². The van der Waals surface area contributed by atoms with Gasteiger partial charge in [-0.2, -0.15) is 0 Å². The van der Waals surface area contributed by atoms with Gasteiger partial charge in [0, 0.05) is 6.54 Å². The van der Waals surface area contributed by atoms with E-state index in [-0.39, 0.29) is 22.9 Å². The number of likely N-dealkylation sites (tertiary alicyclic amines) is 1. The van der Waals surface area contributed by atoms with Gasteiger partial charge in [-0.3, -0.25) is 4.90 Å². The highest BCUT2D eigenvalue weighted by molar-refractivity contribution is 7.92. The van der Waals surface area contributed by atoms with Gasteiger partial charge < -0.3 is 9.47 Å². The second-order valence-electron chi connectivity index (χ2n) is 7.51. The van der Waals surface area contributed by atoms with Crippen molar-refractivity contribution in [2.45, 2.75) is 55.9 Å². The lowest BCUT2D eigenvalue weighted by Gasteiger charge is -2.27. The number of hydrogen-bond acceptors (Lipinski definition) is 6. The first-order valence-electron chi connectivity index (χ1n) is 8.44. The van der Waals surface area contributed by atoms with Crippen LogP contribution in [0.5, 0.6) is 0 Å². The molecule has 1 fully saturated rings. The summed E-state index contributed by atoms with van der Waals surface area (Å²) >= 11 is 6.13. The Morgan fingerprint density at radius 3 is 2.41 bits per heavy atom. The minimum absolute atomic E-state index is 0.0191. The van der Waals surface area contributed by atoms with Crippen LogP contribution < -0.4 is 0 Å². The van der Waals surface area contributed by atoms with E-state index in [1.165, 1.54) is 13.2 Å². The maximum Gasteiger partial charge on any atom is 0.411 e. The minimum Gasteiger partial charge on any atom is -0.467 e.